The Morgan fingerprint density at radius 3 is 2.55 bits per heavy atom. The maximum absolute atomic E-state index is 11.9. The van der Waals surface area contributed by atoms with Gasteiger partial charge in [0.2, 0.25) is 5.91 Å². The highest BCUT2D eigenvalue weighted by molar-refractivity contribution is 5.91. The Balaban J connectivity index is 2.95. The van der Waals surface area contributed by atoms with Crippen molar-refractivity contribution in [1.82, 2.24) is 4.90 Å². The minimum atomic E-state index is -0.478. The van der Waals surface area contributed by atoms with Gasteiger partial charge in [-0.2, -0.15) is 0 Å². The molecule has 0 aliphatic rings. The van der Waals surface area contributed by atoms with Gasteiger partial charge in [-0.25, -0.2) is 0 Å². The highest BCUT2D eigenvalue weighted by Gasteiger charge is 2.15. The van der Waals surface area contributed by atoms with Gasteiger partial charge in [-0.1, -0.05) is 13.0 Å². The van der Waals surface area contributed by atoms with E-state index in [9.17, 15) is 14.9 Å². The fourth-order valence-corrected chi connectivity index (χ4v) is 1.92. The Morgan fingerprint density at radius 2 is 2.00 bits per heavy atom. The van der Waals surface area contributed by atoms with Crippen LogP contribution in [0.1, 0.15) is 32.8 Å². The molecule has 6 heteroatoms. The van der Waals surface area contributed by atoms with Crippen LogP contribution in [0.4, 0.5) is 5.69 Å². The maximum atomic E-state index is 11.9. The molecule has 0 aliphatic carbocycles. The van der Waals surface area contributed by atoms with Crippen LogP contribution in [0.3, 0.4) is 0 Å². The van der Waals surface area contributed by atoms with Gasteiger partial charge < -0.3 is 9.64 Å². The number of amides is 1. The molecule has 0 atom stereocenters. The number of carbonyl (C=O) groups is 1. The van der Waals surface area contributed by atoms with Crippen LogP contribution < -0.4 is 4.74 Å². The summed E-state index contributed by atoms with van der Waals surface area (Å²) in [5.74, 6) is 0.137. The average molecular weight is 306 g/mol. The third-order valence-corrected chi connectivity index (χ3v) is 3.13. The van der Waals surface area contributed by atoms with E-state index < -0.39 is 4.92 Å². The molecule has 0 saturated carbocycles. The van der Waals surface area contributed by atoms with Crippen LogP contribution in [0.5, 0.6) is 5.75 Å². The number of hydrogen-bond donors (Lipinski definition) is 0. The summed E-state index contributed by atoms with van der Waals surface area (Å²) < 4.78 is 5.36. The van der Waals surface area contributed by atoms with Crippen LogP contribution in [0.15, 0.2) is 24.3 Å². The second kappa shape index (κ2) is 8.81. The van der Waals surface area contributed by atoms with Gasteiger partial charge in [0.15, 0.2) is 5.75 Å². The Hall–Kier alpha value is -2.37. The lowest BCUT2D eigenvalue weighted by atomic mass is 10.1. The molecule has 0 bridgehead atoms. The fraction of sp³-hybridized carbons (Fsp3) is 0.438. The number of carbonyl (C=O) groups excluding carboxylic acids is 1. The summed E-state index contributed by atoms with van der Waals surface area (Å²) in [5.41, 5.74) is 0.502. The van der Waals surface area contributed by atoms with Crippen LogP contribution in [0.25, 0.3) is 6.08 Å². The fourth-order valence-electron chi connectivity index (χ4n) is 1.92. The van der Waals surface area contributed by atoms with Gasteiger partial charge in [0.05, 0.1) is 11.5 Å². The van der Waals surface area contributed by atoms with Gasteiger partial charge in [0.1, 0.15) is 0 Å². The minimum Gasteiger partial charge on any atom is -0.487 e. The molecule has 1 rings (SSSR count). The van der Waals surface area contributed by atoms with Crippen molar-refractivity contribution >= 4 is 17.7 Å². The summed E-state index contributed by atoms with van der Waals surface area (Å²) >= 11 is 0. The van der Waals surface area contributed by atoms with Gasteiger partial charge in [-0.15, -0.1) is 0 Å². The molecule has 0 fully saturated rings. The zero-order valence-electron chi connectivity index (χ0n) is 13.2. The second-order valence-corrected chi connectivity index (χ2v) is 4.68. The molecule has 0 N–H and O–H groups in total. The van der Waals surface area contributed by atoms with Crippen molar-refractivity contribution in [2.45, 2.75) is 27.2 Å². The molecule has 0 aliphatic heterocycles. The third-order valence-electron chi connectivity index (χ3n) is 3.13. The van der Waals surface area contributed by atoms with Crippen LogP contribution in [-0.2, 0) is 4.79 Å². The van der Waals surface area contributed by atoms with Crippen molar-refractivity contribution in [1.29, 1.82) is 0 Å². The number of ether oxygens (including phenoxy) is 1. The van der Waals surface area contributed by atoms with E-state index in [-0.39, 0.29) is 17.3 Å². The molecule has 0 radical (unpaired) electrons. The van der Waals surface area contributed by atoms with Crippen LogP contribution >= 0.6 is 0 Å². The van der Waals surface area contributed by atoms with E-state index >= 15 is 0 Å². The monoisotopic (exact) mass is 306 g/mol. The summed E-state index contributed by atoms with van der Waals surface area (Å²) in [6.07, 6.45) is 3.78. The molecule has 0 aromatic heterocycles. The van der Waals surface area contributed by atoms with Crippen LogP contribution in [0.2, 0.25) is 0 Å². The van der Waals surface area contributed by atoms with Crippen molar-refractivity contribution in [3.8, 4) is 5.75 Å². The predicted octanol–water partition coefficient (Wildman–Crippen LogP) is 3.27. The number of hydrogen-bond acceptors (Lipinski definition) is 4. The first kappa shape index (κ1) is 17.7. The van der Waals surface area contributed by atoms with Crippen molar-refractivity contribution in [3.05, 3.63) is 40.0 Å². The smallest absolute Gasteiger partial charge is 0.311 e. The van der Waals surface area contributed by atoms with Gasteiger partial charge in [-0.05, 0) is 38.0 Å². The van der Waals surface area contributed by atoms with Gasteiger partial charge >= 0.3 is 5.69 Å². The quantitative estimate of drug-likeness (QED) is 0.420. The largest absolute Gasteiger partial charge is 0.487 e. The molecule has 0 saturated heterocycles. The lowest BCUT2D eigenvalue weighted by Crippen LogP contribution is -2.28. The van der Waals surface area contributed by atoms with Crippen LogP contribution in [-0.4, -0.2) is 35.4 Å². The van der Waals surface area contributed by atoms with E-state index in [2.05, 4.69) is 0 Å². The lowest BCUT2D eigenvalue weighted by Gasteiger charge is -2.15. The van der Waals surface area contributed by atoms with Crippen molar-refractivity contribution in [2.24, 2.45) is 0 Å². The number of likely N-dealkylation sites (N-methyl/N-ethyl adjacent to an activating group) is 1. The zero-order valence-corrected chi connectivity index (χ0v) is 13.2. The zero-order chi connectivity index (χ0) is 16.5. The van der Waals surface area contributed by atoms with E-state index in [1.54, 1.807) is 23.1 Å². The highest BCUT2D eigenvalue weighted by atomic mass is 16.6. The molecule has 22 heavy (non-hydrogen) atoms. The predicted molar refractivity (Wildman–Crippen MR) is 85.8 cm³/mol. The highest BCUT2D eigenvalue weighted by Crippen LogP contribution is 2.28. The Bertz CT molecular complexity index is 551. The number of nitrogens with zero attached hydrogens (tertiary/aromatic N) is 2. The lowest BCUT2D eigenvalue weighted by molar-refractivity contribution is -0.385. The van der Waals surface area contributed by atoms with Gasteiger partial charge in [0, 0.05) is 25.2 Å². The summed E-state index contributed by atoms with van der Waals surface area (Å²) in [7, 11) is 0. The van der Waals surface area contributed by atoms with Crippen molar-refractivity contribution in [2.75, 3.05) is 19.7 Å². The third kappa shape index (κ3) is 4.87. The Morgan fingerprint density at radius 1 is 1.32 bits per heavy atom. The minimum absolute atomic E-state index is 0.0918. The molecule has 0 unspecified atom stereocenters. The Kier molecular flexibility index (Phi) is 7.08. The van der Waals surface area contributed by atoms with Gasteiger partial charge in [-0.3, -0.25) is 14.9 Å². The topological polar surface area (TPSA) is 72.7 Å². The SMILES string of the molecule is CCCOc1ccc(/C=C/C(=O)N(CC)CC)cc1[N+](=O)[O-]. The molecule has 1 aromatic carbocycles. The molecule has 0 heterocycles. The van der Waals surface area contributed by atoms with E-state index in [0.717, 1.165) is 6.42 Å². The molecular formula is C16H22N2O4. The summed E-state index contributed by atoms with van der Waals surface area (Å²) in [4.78, 5) is 24.2. The summed E-state index contributed by atoms with van der Waals surface area (Å²) in [6.45, 7) is 7.42. The first-order valence-electron chi connectivity index (χ1n) is 7.41. The molecule has 1 aromatic rings. The number of benzene rings is 1. The molecule has 1 amide bonds. The second-order valence-electron chi connectivity index (χ2n) is 4.68. The molecule has 120 valence electrons. The van der Waals surface area contributed by atoms with Crippen molar-refractivity contribution in [3.63, 3.8) is 0 Å². The normalized spacial score (nSPS) is 10.7. The molecule has 6 nitrogen and oxygen atoms in total. The first-order valence-corrected chi connectivity index (χ1v) is 7.41. The first-order chi connectivity index (χ1) is 10.5. The van der Waals surface area contributed by atoms with E-state index in [1.807, 2.05) is 20.8 Å². The molecule has 0 spiro atoms. The number of nitro groups is 1. The summed E-state index contributed by atoms with van der Waals surface area (Å²) in [6, 6.07) is 4.68. The van der Waals surface area contributed by atoms with Gasteiger partial charge in [0.25, 0.3) is 0 Å². The number of rotatable bonds is 8. The number of nitro benzene ring substituents is 1. The van der Waals surface area contributed by atoms with E-state index in [0.29, 0.717) is 25.3 Å². The van der Waals surface area contributed by atoms with E-state index in [1.165, 1.54) is 12.1 Å². The summed E-state index contributed by atoms with van der Waals surface area (Å²) in [5, 5.41) is 11.1. The van der Waals surface area contributed by atoms with E-state index in [4.69, 9.17) is 4.74 Å². The van der Waals surface area contributed by atoms with Crippen molar-refractivity contribution < 1.29 is 14.5 Å². The van der Waals surface area contributed by atoms with Crippen LogP contribution in [0, 0.1) is 10.1 Å². The maximum Gasteiger partial charge on any atom is 0.311 e. The Labute approximate surface area is 130 Å². The average Bonchev–Trinajstić information content (AvgIpc) is 2.52. The standard InChI is InChI=1S/C16H22N2O4/c1-4-11-22-15-9-7-13(12-14(15)18(20)21)8-10-16(19)17(5-2)6-3/h7-10,12H,4-6,11H2,1-3H3/b10-8+. The molecular weight excluding hydrogens is 284 g/mol.